The van der Waals surface area contributed by atoms with Crippen LogP contribution in [0, 0.1) is 0 Å². The number of rotatable bonds is 10. The van der Waals surface area contributed by atoms with Crippen molar-refractivity contribution in [2.45, 2.75) is 58.8 Å². The van der Waals surface area contributed by atoms with Crippen LogP contribution in [-0.2, 0) is 24.0 Å². The van der Waals surface area contributed by atoms with Gasteiger partial charge < -0.3 is 4.74 Å². The first-order valence-corrected chi connectivity index (χ1v) is 9.92. The van der Waals surface area contributed by atoms with E-state index in [9.17, 15) is 4.79 Å². The molecule has 1 heterocycles. The highest BCUT2D eigenvalue weighted by atomic mass is 79.9. The molecule has 2 aromatic rings. The molecule has 0 aliphatic carbocycles. The molecule has 1 aromatic carbocycles. The Kier molecular flexibility index (Phi) is 8.19. The second kappa shape index (κ2) is 10.4. The van der Waals surface area contributed by atoms with Gasteiger partial charge in [0.15, 0.2) is 0 Å². The molecular formula is C20H27BrN2O2. The molecule has 0 fully saturated rings. The quantitative estimate of drug-likeness (QED) is 0.432. The van der Waals surface area contributed by atoms with Gasteiger partial charge in [-0.2, -0.15) is 5.10 Å². The largest absolute Gasteiger partial charge is 0.462 e. The fraction of sp³-hybridized carbons (Fsp3) is 0.500. The second-order valence-corrected chi connectivity index (χ2v) is 7.10. The van der Waals surface area contributed by atoms with Crippen LogP contribution in [0.15, 0.2) is 28.7 Å². The van der Waals surface area contributed by atoms with Gasteiger partial charge in [0.05, 0.1) is 18.0 Å². The lowest BCUT2D eigenvalue weighted by atomic mass is 10.0. The lowest BCUT2D eigenvalue weighted by molar-refractivity contribution is 0.0524. The first-order chi connectivity index (χ1) is 12.2. The van der Waals surface area contributed by atoms with E-state index in [2.05, 4.69) is 57.3 Å². The Labute approximate surface area is 158 Å². The predicted molar refractivity (Wildman–Crippen MR) is 104 cm³/mol. The van der Waals surface area contributed by atoms with E-state index in [1.54, 1.807) is 0 Å². The lowest BCUT2D eigenvalue weighted by Gasteiger charge is -2.05. The molecule has 1 aromatic heterocycles. The number of nitrogens with one attached hydrogen (secondary N) is 1. The van der Waals surface area contributed by atoms with Crippen LogP contribution in [0.5, 0.6) is 0 Å². The molecule has 0 bridgehead atoms. The first kappa shape index (κ1) is 19.7. The maximum Gasteiger partial charge on any atom is 0.341 e. The van der Waals surface area contributed by atoms with E-state index in [1.165, 1.54) is 5.56 Å². The Bertz CT molecular complexity index is 665. The molecule has 2 rings (SSSR count). The highest BCUT2D eigenvalue weighted by Gasteiger charge is 2.20. The monoisotopic (exact) mass is 406 g/mol. The molecule has 0 spiro atoms. The summed E-state index contributed by atoms with van der Waals surface area (Å²) in [6.07, 6.45) is 6.98. The summed E-state index contributed by atoms with van der Waals surface area (Å²) in [5.74, 6) is -0.246. The maximum atomic E-state index is 12.2. The van der Waals surface area contributed by atoms with Crippen molar-refractivity contribution in [2.24, 2.45) is 0 Å². The van der Waals surface area contributed by atoms with E-state index < -0.39 is 0 Å². The van der Waals surface area contributed by atoms with E-state index in [0.717, 1.165) is 60.8 Å². The van der Waals surface area contributed by atoms with Crippen LogP contribution in [0.4, 0.5) is 0 Å². The summed E-state index contributed by atoms with van der Waals surface area (Å²) in [6, 6.07) is 8.49. The number of aromatic nitrogens is 2. The Morgan fingerprint density at radius 2 is 1.80 bits per heavy atom. The van der Waals surface area contributed by atoms with Gasteiger partial charge >= 0.3 is 5.97 Å². The molecule has 4 nitrogen and oxygen atoms in total. The zero-order chi connectivity index (χ0) is 18.1. The van der Waals surface area contributed by atoms with Gasteiger partial charge in [0, 0.05) is 4.47 Å². The number of esters is 1. The summed E-state index contributed by atoms with van der Waals surface area (Å²) in [6.45, 7) is 4.32. The van der Waals surface area contributed by atoms with Gasteiger partial charge in [0.25, 0.3) is 0 Å². The average Bonchev–Trinajstić information content (AvgIpc) is 2.99. The van der Waals surface area contributed by atoms with Crippen LogP contribution in [0.25, 0.3) is 0 Å². The van der Waals surface area contributed by atoms with Gasteiger partial charge in [-0.15, -0.1) is 0 Å². The summed E-state index contributed by atoms with van der Waals surface area (Å²) < 4.78 is 6.32. The van der Waals surface area contributed by atoms with Crippen LogP contribution in [0.1, 0.15) is 66.8 Å². The number of benzene rings is 1. The molecule has 25 heavy (non-hydrogen) atoms. The minimum atomic E-state index is -0.246. The minimum absolute atomic E-state index is 0.246. The summed E-state index contributed by atoms with van der Waals surface area (Å²) in [5, 5.41) is 7.40. The van der Waals surface area contributed by atoms with Crippen molar-refractivity contribution in [2.75, 3.05) is 6.61 Å². The Hall–Kier alpha value is -1.62. The fourth-order valence-electron chi connectivity index (χ4n) is 2.93. The Balaban J connectivity index is 1.85. The van der Waals surface area contributed by atoms with Gasteiger partial charge in [-0.3, -0.25) is 5.10 Å². The number of unbranched alkanes of at least 4 members (excludes halogenated alkanes) is 2. The minimum Gasteiger partial charge on any atom is -0.462 e. The molecular weight excluding hydrogens is 380 g/mol. The Morgan fingerprint density at radius 3 is 2.48 bits per heavy atom. The molecule has 0 saturated carbocycles. The molecule has 0 aliphatic rings. The van der Waals surface area contributed by atoms with Crippen LogP contribution in [0.2, 0.25) is 0 Å². The zero-order valence-electron chi connectivity index (χ0n) is 15.1. The highest BCUT2D eigenvalue weighted by Crippen LogP contribution is 2.18. The number of halogens is 1. The summed E-state index contributed by atoms with van der Waals surface area (Å²) >= 11 is 3.46. The van der Waals surface area contributed by atoms with Crippen LogP contribution >= 0.6 is 15.9 Å². The van der Waals surface area contributed by atoms with Gasteiger partial charge in [0.1, 0.15) is 5.56 Å². The smallest absolute Gasteiger partial charge is 0.341 e. The maximum absolute atomic E-state index is 12.2. The van der Waals surface area contributed by atoms with Crippen molar-refractivity contribution >= 4 is 21.9 Å². The SMILES string of the molecule is CCCc1[nH]nc(CCCCCc2ccc(Br)cc2)c1C(=O)OCC. The van der Waals surface area contributed by atoms with Crippen LogP contribution < -0.4 is 0 Å². The van der Waals surface area contributed by atoms with Crippen molar-refractivity contribution < 1.29 is 9.53 Å². The molecule has 1 N–H and O–H groups in total. The van der Waals surface area contributed by atoms with E-state index in [1.807, 2.05) is 6.92 Å². The number of carbonyl (C=O) groups is 1. The van der Waals surface area contributed by atoms with Gasteiger partial charge in [-0.1, -0.05) is 47.8 Å². The van der Waals surface area contributed by atoms with E-state index in [4.69, 9.17) is 4.74 Å². The molecule has 0 amide bonds. The molecule has 0 saturated heterocycles. The summed E-state index contributed by atoms with van der Waals surface area (Å²) in [5.41, 5.74) is 3.79. The van der Waals surface area contributed by atoms with E-state index in [-0.39, 0.29) is 5.97 Å². The third kappa shape index (κ3) is 5.99. The molecule has 0 atom stereocenters. The number of aryl methyl sites for hydroxylation is 3. The molecule has 0 radical (unpaired) electrons. The first-order valence-electron chi connectivity index (χ1n) is 9.13. The summed E-state index contributed by atoms with van der Waals surface area (Å²) in [7, 11) is 0. The van der Waals surface area contributed by atoms with Crippen molar-refractivity contribution in [3.8, 4) is 0 Å². The number of carbonyl (C=O) groups excluding carboxylic acids is 1. The third-order valence-electron chi connectivity index (χ3n) is 4.19. The second-order valence-electron chi connectivity index (χ2n) is 6.18. The van der Waals surface area contributed by atoms with Crippen molar-refractivity contribution in [1.82, 2.24) is 10.2 Å². The predicted octanol–water partition coefficient (Wildman–Crippen LogP) is 5.26. The van der Waals surface area contributed by atoms with Crippen LogP contribution in [-0.4, -0.2) is 22.8 Å². The van der Waals surface area contributed by atoms with Gasteiger partial charge in [0.2, 0.25) is 0 Å². The lowest BCUT2D eigenvalue weighted by Crippen LogP contribution is -2.09. The summed E-state index contributed by atoms with van der Waals surface area (Å²) in [4.78, 5) is 12.2. The van der Waals surface area contributed by atoms with E-state index in [0.29, 0.717) is 12.2 Å². The number of aromatic amines is 1. The van der Waals surface area contributed by atoms with Gasteiger partial charge in [-0.25, -0.2) is 4.79 Å². The fourth-order valence-corrected chi connectivity index (χ4v) is 3.19. The third-order valence-corrected chi connectivity index (χ3v) is 4.72. The zero-order valence-corrected chi connectivity index (χ0v) is 16.7. The van der Waals surface area contributed by atoms with Crippen molar-refractivity contribution in [3.05, 3.63) is 51.3 Å². The van der Waals surface area contributed by atoms with E-state index >= 15 is 0 Å². The number of nitrogens with zero attached hydrogens (tertiary/aromatic N) is 1. The molecule has 5 heteroatoms. The van der Waals surface area contributed by atoms with Crippen molar-refractivity contribution in [1.29, 1.82) is 0 Å². The topological polar surface area (TPSA) is 55.0 Å². The average molecular weight is 407 g/mol. The number of hydrogen-bond acceptors (Lipinski definition) is 3. The standard InChI is InChI=1S/C20H27BrN2O2/c1-3-8-17-19(20(24)25-4-2)18(23-22-17)10-7-5-6-9-15-11-13-16(21)14-12-15/h11-14H,3-10H2,1-2H3,(H,22,23). The van der Waals surface area contributed by atoms with Crippen molar-refractivity contribution in [3.63, 3.8) is 0 Å². The number of H-pyrrole nitrogens is 1. The van der Waals surface area contributed by atoms with Crippen LogP contribution in [0.3, 0.4) is 0 Å². The Morgan fingerprint density at radius 1 is 1.08 bits per heavy atom. The molecule has 0 unspecified atom stereocenters. The number of hydrogen-bond donors (Lipinski definition) is 1. The van der Waals surface area contributed by atoms with Gasteiger partial charge in [-0.05, 0) is 56.7 Å². The normalized spacial score (nSPS) is 10.8. The number of ether oxygens (including phenoxy) is 1. The molecule has 0 aliphatic heterocycles. The molecule has 136 valence electrons. The highest BCUT2D eigenvalue weighted by molar-refractivity contribution is 9.10.